The second-order valence-electron chi connectivity index (χ2n) is 6.78. The maximum atomic E-state index is 14.6. The Hall–Kier alpha value is -1.42. The first kappa shape index (κ1) is 13.3. The van der Waals surface area contributed by atoms with Gasteiger partial charge in [0.05, 0.1) is 5.54 Å². The summed E-state index contributed by atoms with van der Waals surface area (Å²) in [6.45, 7) is 2.18. The number of fused-ring (bicyclic) bond motifs is 1. The van der Waals surface area contributed by atoms with Gasteiger partial charge in [-0.2, -0.15) is 0 Å². The highest BCUT2D eigenvalue weighted by Crippen LogP contribution is 2.57. The van der Waals surface area contributed by atoms with Crippen molar-refractivity contribution in [2.75, 3.05) is 19.6 Å². The third-order valence-electron chi connectivity index (χ3n) is 5.54. The molecule has 3 saturated heterocycles. The number of amides is 1. The van der Waals surface area contributed by atoms with Gasteiger partial charge < -0.3 is 10.2 Å². The number of benzene rings is 1. The van der Waals surface area contributed by atoms with Crippen molar-refractivity contribution in [1.29, 1.82) is 0 Å². The number of nitrogens with zero attached hydrogens (tertiary/aromatic N) is 1. The highest BCUT2D eigenvalue weighted by molar-refractivity contribution is 5.83. The monoisotopic (exact) mass is 288 g/mol. The van der Waals surface area contributed by atoms with Gasteiger partial charge in [-0.05, 0) is 37.3 Å². The number of carbonyl (C=O) groups is 1. The van der Waals surface area contributed by atoms with Gasteiger partial charge in [-0.25, -0.2) is 4.39 Å². The summed E-state index contributed by atoms with van der Waals surface area (Å²) >= 11 is 0. The van der Waals surface area contributed by atoms with Gasteiger partial charge in [-0.1, -0.05) is 30.3 Å². The van der Waals surface area contributed by atoms with Crippen molar-refractivity contribution in [3.63, 3.8) is 0 Å². The molecule has 1 amide bonds. The van der Waals surface area contributed by atoms with E-state index in [0.717, 1.165) is 32.4 Å². The van der Waals surface area contributed by atoms with E-state index in [1.807, 2.05) is 23.1 Å². The van der Waals surface area contributed by atoms with E-state index in [0.29, 0.717) is 12.5 Å². The van der Waals surface area contributed by atoms with Gasteiger partial charge in [-0.3, -0.25) is 4.79 Å². The Bertz CT molecular complexity index is 535. The van der Waals surface area contributed by atoms with Crippen LogP contribution in [0.5, 0.6) is 0 Å². The van der Waals surface area contributed by atoms with Crippen LogP contribution in [-0.4, -0.2) is 36.6 Å². The zero-order chi connectivity index (χ0) is 14.4. The van der Waals surface area contributed by atoms with Crippen LogP contribution in [-0.2, 0) is 10.3 Å². The van der Waals surface area contributed by atoms with Gasteiger partial charge in [0.15, 0.2) is 6.17 Å². The summed E-state index contributed by atoms with van der Waals surface area (Å²) in [6.07, 6.45) is 1.42. The maximum Gasteiger partial charge on any atom is 0.258 e. The lowest BCUT2D eigenvalue weighted by Crippen LogP contribution is -2.49. The van der Waals surface area contributed by atoms with Crippen LogP contribution >= 0.6 is 0 Å². The fourth-order valence-electron chi connectivity index (χ4n) is 4.40. The van der Waals surface area contributed by atoms with E-state index in [9.17, 15) is 9.18 Å². The van der Waals surface area contributed by atoms with Gasteiger partial charge in [0.2, 0.25) is 0 Å². The largest absolute Gasteiger partial charge is 0.330 e. The van der Waals surface area contributed by atoms with Crippen LogP contribution in [0.1, 0.15) is 24.8 Å². The lowest BCUT2D eigenvalue weighted by molar-refractivity contribution is -0.142. The zero-order valence-electron chi connectivity index (χ0n) is 12.1. The van der Waals surface area contributed by atoms with Crippen molar-refractivity contribution >= 4 is 5.91 Å². The number of alkyl halides is 1. The summed E-state index contributed by atoms with van der Waals surface area (Å²) in [4.78, 5) is 14.5. The number of rotatable bonds is 3. The van der Waals surface area contributed by atoms with Gasteiger partial charge in [0, 0.05) is 19.0 Å². The van der Waals surface area contributed by atoms with Crippen molar-refractivity contribution in [2.45, 2.75) is 31.0 Å². The Morgan fingerprint density at radius 1 is 1.33 bits per heavy atom. The summed E-state index contributed by atoms with van der Waals surface area (Å²) in [5, 5.41) is 3.15. The summed E-state index contributed by atoms with van der Waals surface area (Å²) in [5.74, 6) is 0.124. The Balaban J connectivity index is 1.58. The lowest BCUT2D eigenvalue weighted by atomic mass is 9.69. The molecule has 1 N–H and O–H groups in total. The Kier molecular flexibility index (Phi) is 3.03. The standard InChI is InChI=1S/C17H21FN2O/c18-15(13-6-7-19-10-13)16(21)20-11-12-8-17(20,9-12)14-4-2-1-3-5-14/h1-5,12-13,15,19H,6-11H2. The number of hydrogen-bond acceptors (Lipinski definition) is 2. The van der Waals surface area contributed by atoms with Crippen molar-refractivity contribution in [1.82, 2.24) is 10.2 Å². The summed E-state index contributed by atoms with van der Waals surface area (Å²) in [5.41, 5.74) is 0.947. The van der Waals surface area contributed by atoms with Crippen LogP contribution in [0.4, 0.5) is 4.39 Å². The first-order valence-corrected chi connectivity index (χ1v) is 7.92. The molecule has 2 unspecified atom stereocenters. The normalized spacial score (nSPS) is 35.6. The van der Waals surface area contributed by atoms with Crippen LogP contribution in [0.3, 0.4) is 0 Å². The molecule has 0 radical (unpaired) electrons. The molecule has 1 aliphatic carbocycles. The number of halogens is 1. The molecule has 4 heteroatoms. The van der Waals surface area contributed by atoms with Gasteiger partial charge in [0.1, 0.15) is 0 Å². The molecule has 1 aromatic carbocycles. The predicted molar refractivity (Wildman–Crippen MR) is 78.4 cm³/mol. The molecule has 0 spiro atoms. The number of carbonyl (C=O) groups excluding carboxylic acids is 1. The van der Waals surface area contributed by atoms with E-state index >= 15 is 0 Å². The SMILES string of the molecule is O=C(C(F)C1CCNC1)N1CC2CC1(c1ccccc1)C2. The first-order valence-electron chi connectivity index (χ1n) is 7.92. The molecule has 3 aliphatic heterocycles. The zero-order valence-corrected chi connectivity index (χ0v) is 12.1. The minimum absolute atomic E-state index is 0.150. The van der Waals surface area contributed by atoms with Crippen molar-refractivity contribution < 1.29 is 9.18 Å². The van der Waals surface area contributed by atoms with Gasteiger partial charge in [-0.15, -0.1) is 0 Å². The fraction of sp³-hybridized carbons (Fsp3) is 0.588. The molecule has 4 aliphatic rings. The molecular weight excluding hydrogens is 267 g/mol. The van der Waals surface area contributed by atoms with E-state index in [2.05, 4.69) is 17.4 Å². The van der Waals surface area contributed by atoms with E-state index in [4.69, 9.17) is 0 Å². The van der Waals surface area contributed by atoms with E-state index in [-0.39, 0.29) is 17.4 Å². The van der Waals surface area contributed by atoms with E-state index < -0.39 is 6.17 Å². The van der Waals surface area contributed by atoms with Crippen LogP contribution in [0.25, 0.3) is 0 Å². The second-order valence-corrected chi connectivity index (χ2v) is 6.78. The highest BCUT2D eigenvalue weighted by atomic mass is 19.1. The summed E-state index contributed by atoms with van der Waals surface area (Å²) in [7, 11) is 0. The Labute approximate surface area is 124 Å². The summed E-state index contributed by atoms with van der Waals surface area (Å²) in [6, 6.07) is 10.1. The third kappa shape index (κ3) is 1.92. The average molecular weight is 288 g/mol. The second kappa shape index (κ2) is 4.80. The van der Waals surface area contributed by atoms with Crippen molar-refractivity contribution in [3.05, 3.63) is 35.9 Å². The predicted octanol–water partition coefficient (Wildman–Crippen LogP) is 2.08. The van der Waals surface area contributed by atoms with E-state index in [1.54, 1.807) is 0 Å². The molecule has 5 rings (SSSR count). The Morgan fingerprint density at radius 2 is 2.10 bits per heavy atom. The van der Waals surface area contributed by atoms with Gasteiger partial charge in [0.25, 0.3) is 5.91 Å². The minimum atomic E-state index is -1.35. The molecule has 21 heavy (non-hydrogen) atoms. The molecule has 1 aromatic rings. The van der Waals surface area contributed by atoms with Crippen molar-refractivity contribution in [3.8, 4) is 0 Å². The minimum Gasteiger partial charge on any atom is -0.330 e. The highest BCUT2D eigenvalue weighted by Gasteiger charge is 2.59. The maximum absolute atomic E-state index is 14.6. The number of nitrogens with one attached hydrogen (secondary N) is 1. The fourth-order valence-corrected chi connectivity index (χ4v) is 4.40. The topological polar surface area (TPSA) is 32.3 Å². The van der Waals surface area contributed by atoms with Crippen LogP contribution in [0.15, 0.2) is 30.3 Å². The molecule has 112 valence electrons. The Morgan fingerprint density at radius 3 is 2.76 bits per heavy atom. The molecule has 2 bridgehead atoms. The molecule has 1 saturated carbocycles. The van der Waals surface area contributed by atoms with Crippen LogP contribution in [0, 0.1) is 11.8 Å². The lowest BCUT2D eigenvalue weighted by Gasteiger charge is -2.43. The molecule has 0 aromatic heterocycles. The molecule has 2 atom stereocenters. The van der Waals surface area contributed by atoms with Gasteiger partial charge >= 0.3 is 0 Å². The smallest absolute Gasteiger partial charge is 0.258 e. The molecule has 4 fully saturated rings. The molecule has 3 heterocycles. The van der Waals surface area contributed by atoms with Crippen molar-refractivity contribution in [2.24, 2.45) is 11.8 Å². The molecule has 3 nitrogen and oxygen atoms in total. The molecular formula is C17H21FN2O. The van der Waals surface area contributed by atoms with Crippen LogP contribution in [0.2, 0.25) is 0 Å². The van der Waals surface area contributed by atoms with Crippen LogP contribution < -0.4 is 5.32 Å². The third-order valence-corrected chi connectivity index (χ3v) is 5.54. The average Bonchev–Trinajstić information content (AvgIpc) is 3.20. The van der Waals surface area contributed by atoms with E-state index in [1.165, 1.54) is 5.56 Å². The summed E-state index contributed by atoms with van der Waals surface area (Å²) < 4.78 is 14.6. The number of hydrogen-bond donors (Lipinski definition) is 1. The quantitative estimate of drug-likeness (QED) is 0.923. The first-order chi connectivity index (χ1) is 10.2.